The molecule has 1 saturated heterocycles. The van der Waals surface area contributed by atoms with Gasteiger partial charge < -0.3 is 20.3 Å². The van der Waals surface area contributed by atoms with Crippen molar-refractivity contribution in [3.8, 4) is 0 Å². The lowest BCUT2D eigenvalue weighted by Gasteiger charge is -2.36. The highest BCUT2D eigenvalue weighted by Crippen LogP contribution is 2.12. The number of ether oxygens (including phenoxy) is 1. The minimum Gasteiger partial charge on any atom is -0.463 e. The molecule has 2 atom stereocenters. The van der Waals surface area contributed by atoms with Crippen molar-refractivity contribution in [3.63, 3.8) is 0 Å². The number of amides is 2. The molecule has 1 aliphatic rings. The van der Waals surface area contributed by atoms with Gasteiger partial charge in [0.25, 0.3) is 0 Å². The van der Waals surface area contributed by atoms with E-state index in [0.717, 1.165) is 5.56 Å². The summed E-state index contributed by atoms with van der Waals surface area (Å²) in [5, 5.41) is 5.53. The predicted molar refractivity (Wildman–Crippen MR) is 105 cm³/mol. The van der Waals surface area contributed by atoms with Crippen LogP contribution in [0, 0.1) is 0 Å². The third-order valence-corrected chi connectivity index (χ3v) is 4.65. The quantitative estimate of drug-likeness (QED) is 0.559. The summed E-state index contributed by atoms with van der Waals surface area (Å²) in [5.74, 6) is -1.03. The summed E-state index contributed by atoms with van der Waals surface area (Å²) in [4.78, 5) is 38.2. The molecule has 0 aliphatic carbocycles. The number of piperazine rings is 1. The average Bonchev–Trinajstić information content (AvgIpc) is 2.63. The molecule has 0 saturated carbocycles. The second kappa shape index (κ2) is 10.0. The molecule has 1 aromatic rings. The van der Waals surface area contributed by atoms with E-state index >= 15 is 0 Å². The highest BCUT2D eigenvalue weighted by Gasteiger charge is 2.34. The van der Waals surface area contributed by atoms with Crippen LogP contribution in [0.2, 0.25) is 0 Å². The maximum absolute atomic E-state index is 12.2. The van der Waals surface area contributed by atoms with Gasteiger partial charge in [-0.3, -0.25) is 14.4 Å². The number of thiocarbonyl (C=S) groups is 1. The molecule has 2 amide bonds. The molecule has 146 valence electrons. The predicted octanol–water partition coefficient (Wildman–Crippen LogP) is 1.16. The Bertz CT molecular complexity index is 695. The summed E-state index contributed by atoms with van der Waals surface area (Å²) in [6, 6.07) is 8.50. The Morgan fingerprint density at radius 2 is 2.07 bits per heavy atom. The van der Waals surface area contributed by atoms with Crippen molar-refractivity contribution >= 4 is 35.1 Å². The van der Waals surface area contributed by atoms with E-state index in [0.29, 0.717) is 19.5 Å². The number of hydrogen-bond donors (Lipinski definition) is 2. The van der Waals surface area contributed by atoms with Crippen LogP contribution >= 0.6 is 12.2 Å². The first kappa shape index (κ1) is 20.8. The Kier molecular flexibility index (Phi) is 7.72. The van der Waals surface area contributed by atoms with E-state index in [-0.39, 0.29) is 35.9 Å². The zero-order chi connectivity index (χ0) is 19.8. The largest absolute Gasteiger partial charge is 0.463 e. The van der Waals surface area contributed by atoms with Gasteiger partial charge in [0.2, 0.25) is 11.8 Å². The van der Waals surface area contributed by atoms with Crippen molar-refractivity contribution < 1.29 is 19.1 Å². The molecule has 27 heavy (non-hydrogen) atoms. The maximum Gasteiger partial charge on any atom is 0.308 e. The molecule has 2 N–H and O–H groups in total. The van der Waals surface area contributed by atoms with Crippen molar-refractivity contribution in [2.45, 2.75) is 45.3 Å². The summed E-state index contributed by atoms with van der Waals surface area (Å²) >= 11 is 5.32. The van der Waals surface area contributed by atoms with Crippen LogP contribution in [0.1, 0.15) is 32.3 Å². The van der Waals surface area contributed by atoms with Gasteiger partial charge in [0.1, 0.15) is 6.04 Å². The van der Waals surface area contributed by atoms with Gasteiger partial charge in [-0.15, -0.1) is 0 Å². The van der Waals surface area contributed by atoms with Crippen molar-refractivity contribution in [2.75, 3.05) is 13.1 Å². The molecular weight excluding hydrogens is 366 g/mol. The highest BCUT2D eigenvalue weighted by atomic mass is 32.1. The standard InChI is InChI=1S/C19H25N3O4S/c1-3-13(2)26-17(24)12-15-18(25)20-9-10-22(15)19(27)21-16(23)11-14-7-5-4-6-8-14/h4-8,13,15H,3,9-12H2,1-2H3,(H,20,25)(H,21,23,27). The second-order valence-corrected chi connectivity index (χ2v) is 6.82. The normalized spacial score (nSPS) is 17.6. The monoisotopic (exact) mass is 391 g/mol. The molecule has 0 spiro atoms. The molecule has 1 heterocycles. The van der Waals surface area contributed by atoms with Gasteiger partial charge >= 0.3 is 5.97 Å². The number of nitrogens with one attached hydrogen (secondary N) is 2. The summed E-state index contributed by atoms with van der Waals surface area (Å²) in [7, 11) is 0. The zero-order valence-corrected chi connectivity index (χ0v) is 16.4. The Hall–Kier alpha value is -2.48. The molecular formula is C19H25N3O4S. The molecule has 1 aromatic carbocycles. The lowest BCUT2D eigenvalue weighted by Crippen LogP contribution is -2.60. The van der Waals surface area contributed by atoms with Crippen LogP contribution in [0.4, 0.5) is 0 Å². The summed E-state index contributed by atoms with van der Waals surface area (Å²) in [6.45, 7) is 4.52. The van der Waals surface area contributed by atoms with Gasteiger partial charge in [0, 0.05) is 13.1 Å². The topological polar surface area (TPSA) is 87.7 Å². The number of rotatable bonds is 6. The molecule has 0 radical (unpaired) electrons. The smallest absolute Gasteiger partial charge is 0.308 e. The van der Waals surface area contributed by atoms with E-state index in [1.807, 2.05) is 37.3 Å². The van der Waals surface area contributed by atoms with Gasteiger partial charge in [0.05, 0.1) is 18.9 Å². The van der Waals surface area contributed by atoms with Crippen LogP contribution in [-0.2, 0) is 25.5 Å². The zero-order valence-electron chi connectivity index (χ0n) is 15.6. The molecule has 0 bridgehead atoms. The third-order valence-electron chi connectivity index (χ3n) is 4.31. The maximum atomic E-state index is 12.2. The van der Waals surface area contributed by atoms with Gasteiger partial charge in [-0.1, -0.05) is 37.3 Å². The van der Waals surface area contributed by atoms with E-state index in [1.165, 1.54) is 0 Å². The van der Waals surface area contributed by atoms with Gasteiger partial charge in [-0.05, 0) is 31.1 Å². The Morgan fingerprint density at radius 3 is 2.74 bits per heavy atom. The SMILES string of the molecule is CCC(C)OC(=O)CC1C(=O)NCCN1C(=S)NC(=O)Cc1ccccc1. The van der Waals surface area contributed by atoms with Crippen molar-refractivity contribution in [1.29, 1.82) is 0 Å². The molecule has 1 fully saturated rings. The number of carbonyl (C=O) groups excluding carboxylic acids is 3. The first-order chi connectivity index (χ1) is 12.9. The molecule has 7 nitrogen and oxygen atoms in total. The number of hydrogen-bond acceptors (Lipinski definition) is 5. The molecule has 8 heteroatoms. The van der Waals surface area contributed by atoms with Crippen LogP contribution in [0.3, 0.4) is 0 Å². The highest BCUT2D eigenvalue weighted by molar-refractivity contribution is 7.80. The molecule has 2 unspecified atom stereocenters. The van der Waals surface area contributed by atoms with Crippen LogP contribution in [0.5, 0.6) is 0 Å². The summed E-state index contributed by atoms with van der Waals surface area (Å²) in [5.41, 5.74) is 0.864. The fraction of sp³-hybridized carbons (Fsp3) is 0.474. The van der Waals surface area contributed by atoms with Gasteiger partial charge in [-0.2, -0.15) is 0 Å². The number of nitrogens with zero attached hydrogens (tertiary/aromatic N) is 1. The lowest BCUT2D eigenvalue weighted by atomic mass is 10.1. The number of carbonyl (C=O) groups is 3. The van der Waals surface area contributed by atoms with E-state index in [9.17, 15) is 14.4 Å². The van der Waals surface area contributed by atoms with Gasteiger partial charge in [-0.25, -0.2) is 0 Å². The van der Waals surface area contributed by atoms with E-state index < -0.39 is 12.0 Å². The summed E-state index contributed by atoms with van der Waals surface area (Å²) in [6.07, 6.45) is 0.544. The number of benzene rings is 1. The fourth-order valence-corrected chi connectivity index (χ4v) is 3.02. The Balaban J connectivity index is 1.97. The number of esters is 1. The fourth-order valence-electron chi connectivity index (χ4n) is 2.69. The minimum atomic E-state index is -0.792. The first-order valence-electron chi connectivity index (χ1n) is 9.02. The second-order valence-electron chi connectivity index (χ2n) is 6.43. The van der Waals surface area contributed by atoms with Crippen LogP contribution in [0.15, 0.2) is 30.3 Å². The molecule has 2 rings (SSSR count). The van der Waals surface area contributed by atoms with Crippen LogP contribution in [0.25, 0.3) is 0 Å². The van der Waals surface area contributed by atoms with Gasteiger partial charge in [0.15, 0.2) is 5.11 Å². The molecule has 1 aliphatic heterocycles. The summed E-state index contributed by atoms with van der Waals surface area (Å²) < 4.78 is 5.26. The van der Waals surface area contributed by atoms with Crippen molar-refractivity contribution in [2.24, 2.45) is 0 Å². The van der Waals surface area contributed by atoms with E-state index in [2.05, 4.69) is 10.6 Å². The van der Waals surface area contributed by atoms with Crippen LogP contribution in [-0.4, -0.2) is 53.0 Å². The third kappa shape index (κ3) is 6.32. The minimum absolute atomic E-state index is 0.120. The van der Waals surface area contributed by atoms with Crippen LogP contribution < -0.4 is 10.6 Å². The van der Waals surface area contributed by atoms with E-state index in [1.54, 1.807) is 11.8 Å². The van der Waals surface area contributed by atoms with Crippen molar-refractivity contribution in [3.05, 3.63) is 35.9 Å². The Labute approximate surface area is 164 Å². The lowest BCUT2D eigenvalue weighted by molar-refractivity contribution is -0.151. The first-order valence-corrected chi connectivity index (χ1v) is 9.43. The Morgan fingerprint density at radius 1 is 1.37 bits per heavy atom. The molecule has 0 aromatic heterocycles. The average molecular weight is 391 g/mol. The van der Waals surface area contributed by atoms with Crippen molar-refractivity contribution in [1.82, 2.24) is 15.5 Å². The van der Waals surface area contributed by atoms with E-state index in [4.69, 9.17) is 17.0 Å².